The molecule has 0 fully saturated rings. The maximum absolute atomic E-state index is 16.1. The van der Waals surface area contributed by atoms with Crippen molar-refractivity contribution in [3.05, 3.63) is 51.4 Å². The minimum Gasteiger partial charge on any atom is -0.508 e. The Morgan fingerprint density at radius 3 is 2.67 bits per heavy atom. The number of aromatic nitrogens is 1. The zero-order chi connectivity index (χ0) is 22.4. The van der Waals surface area contributed by atoms with E-state index in [-0.39, 0.29) is 27.5 Å². The van der Waals surface area contributed by atoms with E-state index in [0.29, 0.717) is 17.0 Å². The lowest BCUT2D eigenvalue weighted by Crippen LogP contribution is -2.37. The molecule has 5 nitrogen and oxygen atoms in total. The van der Waals surface area contributed by atoms with Gasteiger partial charge in [-0.3, -0.25) is 9.59 Å². The number of halogens is 5. The fourth-order valence-electron chi connectivity index (χ4n) is 3.24. The number of carboxylic acids is 1. The number of hydrogen-bond donors (Lipinski definition) is 3. The molecule has 162 valence electrons. The zero-order valence-electron chi connectivity index (χ0n) is 15.1. The van der Waals surface area contributed by atoms with Crippen LogP contribution in [0, 0.1) is 6.92 Å². The summed E-state index contributed by atoms with van der Waals surface area (Å²) in [5.41, 5.74) is -3.39. The van der Waals surface area contributed by atoms with Gasteiger partial charge in [-0.2, -0.15) is 8.78 Å². The fraction of sp³-hybridized carbons (Fsp3) is 0.333. The third-order valence-electron chi connectivity index (χ3n) is 4.56. The third-order valence-corrected chi connectivity index (χ3v) is 6.59. The number of rotatable bonds is 7. The van der Waals surface area contributed by atoms with E-state index < -0.39 is 58.6 Å². The number of thiophene rings is 1. The summed E-state index contributed by atoms with van der Waals surface area (Å²) in [4.78, 5) is 27.0. The van der Waals surface area contributed by atoms with Gasteiger partial charge in [0.15, 0.2) is 0 Å². The molecule has 0 amide bonds. The number of nitrogens with one attached hydrogen (secondary N) is 1. The number of allylic oxidation sites excluding steroid dienone is 2. The van der Waals surface area contributed by atoms with Crippen molar-refractivity contribution in [1.82, 2.24) is 4.98 Å². The first kappa shape index (κ1) is 22.3. The van der Waals surface area contributed by atoms with E-state index in [1.54, 1.807) is 0 Å². The number of hydrogen-bond acceptors (Lipinski definition) is 5. The number of H-pyrrole nitrogens is 1. The molecular weight excluding hydrogens is 453 g/mol. The van der Waals surface area contributed by atoms with Crippen LogP contribution in [0.15, 0.2) is 27.5 Å². The van der Waals surface area contributed by atoms with Crippen molar-refractivity contribution in [2.24, 2.45) is 0 Å². The highest BCUT2D eigenvalue weighted by Gasteiger charge is 2.51. The number of aliphatic hydroxyl groups is 1. The number of carboxylic acid groups (broad SMARTS) is 1. The standard InChI is InChI=1S/C18H14F5NO4S2/c1-7-9(5-12(26)27)14-10(24-7)2-3-11(25)17(14,21)15(28)8-4-13(29-6-8)30-18(22,23)16(19)20/h3-4,6,16,24-25H,2,5H2,1H3,(H,26,27). The molecule has 0 saturated heterocycles. The molecule has 30 heavy (non-hydrogen) atoms. The van der Waals surface area contributed by atoms with Crippen molar-refractivity contribution in [2.45, 2.75) is 41.3 Å². The first-order chi connectivity index (χ1) is 13.9. The van der Waals surface area contributed by atoms with Crippen LogP contribution < -0.4 is 0 Å². The number of alkyl halides is 5. The van der Waals surface area contributed by atoms with Crippen molar-refractivity contribution >= 4 is 34.9 Å². The maximum atomic E-state index is 16.1. The summed E-state index contributed by atoms with van der Waals surface area (Å²) in [5, 5.41) is 16.0. The predicted octanol–water partition coefficient (Wildman–Crippen LogP) is 5.01. The van der Waals surface area contributed by atoms with Gasteiger partial charge in [0.25, 0.3) is 5.67 Å². The number of Topliss-reactive ketones (excluding diaryl/α,β-unsaturated/α-hetero) is 1. The minimum atomic E-state index is -4.40. The van der Waals surface area contributed by atoms with E-state index in [2.05, 4.69) is 4.98 Å². The summed E-state index contributed by atoms with van der Waals surface area (Å²) in [6, 6.07) is 0.841. The SMILES string of the molecule is Cc1[nH]c2c(c1CC(=O)O)C(F)(C(=O)c1csc(SC(F)(F)C(F)F)c1)C(O)=CC2. The lowest BCUT2D eigenvalue weighted by molar-refractivity contribution is -0.136. The van der Waals surface area contributed by atoms with Crippen molar-refractivity contribution < 1.29 is 41.8 Å². The number of aliphatic carboxylic acids is 1. The van der Waals surface area contributed by atoms with Gasteiger partial charge in [-0.25, -0.2) is 13.2 Å². The molecule has 3 N–H and O–H groups in total. The first-order valence-corrected chi connectivity index (χ1v) is 10.1. The molecule has 3 rings (SSSR count). The second-order valence-corrected chi connectivity index (χ2v) is 8.91. The third kappa shape index (κ3) is 3.73. The summed E-state index contributed by atoms with van der Waals surface area (Å²) in [6.45, 7) is 1.49. The van der Waals surface area contributed by atoms with Crippen molar-refractivity contribution in [2.75, 3.05) is 0 Å². The van der Waals surface area contributed by atoms with Crippen LogP contribution in [0.25, 0.3) is 0 Å². The summed E-state index contributed by atoms with van der Waals surface area (Å²) in [5.74, 6) is -3.55. The number of carbonyl (C=O) groups excluding carboxylic acids is 1. The van der Waals surface area contributed by atoms with Crippen LogP contribution >= 0.6 is 23.1 Å². The Kier molecular flexibility index (Phi) is 5.76. The number of aliphatic hydroxyl groups excluding tert-OH is 1. The molecule has 0 radical (unpaired) electrons. The fourth-order valence-corrected chi connectivity index (χ4v) is 5.07. The molecule has 2 aromatic rings. The number of thioether (sulfide) groups is 1. The monoisotopic (exact) mass is 467 g/mol. The molecule has 0 saturated carbocycles. The molecule has 2 heterocycles. The predicted molar refractivity (Wildman–Crippen MR) is 99.5 cm³/mol. The molecule has 0 aliphatic heterocycles. The largest absolute Gasteiger partial charge is 0.508 e. The Morgan fingerprint density at radius 2 is 2.07 bits per heavy atom. The van der Waals surface area contributed by atoms with Gasteiger partial charge in [-0.1, -0.05) is 0 Å². The number of ketones is 1. The van der Waals surface area contributed by atoms with Gasteiger partial charge in [0.1, 0.15) is 5.76 Å². The van der Waals surface area contributed by atoms with Crippen LogP contribution in [0.2, 0.25) is 0 Å². The molecule has 1 aliphatic carbocycles. The quantitative estimate of drug-likeness (QED) is 0.303. The first-order valence-electron chi connectivity index (χ1n) is 8.37. The number of carbonyl (C=O) groups is 2. The van der Waals surface area contributed by atoms with Gasteiger partial charge in [-0.15, -0.1) is 11.3 Å². The summed E-state index contributed by atoms with van der Waals surface area (Å²) in [7, 11) is 0. The van der Waals surface area contributed by atoms with Gasteiger partial charge in [-0.05, 0) is 36.4 Å². The number of aryl methyl sites for hydroxylation is 1. The van der Waals surface area contributed by atoms with Gasteiger partial charge < -0.3 is 15.2 Å². The molecule has 1 unspecified atom stereocenters. The molecular formula is C18H14F5NO4S2. The molecule has 0 aromatic carbocycles. The lowest BCUT2D eigenvalue weighted by Gasteiger charge is -2.28. The zero-order valence-corrected chi connectivity index (χ0v) is 16.8. The van der Waals surface area contributed by atoms with E-state index in [4.69, 9.17) is 5.11 Å². The molecule has 1 atom stereocenters. The van der Waals surface area contributed by atoms with Crippen LogP contribution in [0.4, 0.5) is 22.0 Å². The van der Waals surface area contributed by atoms with Gasteiger partial charge in [0, 0.05) is 34.3 Å². The number of aromatic amines is 1. The highest BCUT2D eigenvalue weighted by atomic mass is 32.2. The second kappa shape index (κ2) is 7.73. The van der Waals surface area contributed by atoms with Crippen LogP contribution in [0.5, 0.6) is 0 Å². The summed E-state index contributed by atoms with van der Waals surface area (Å²) in [6.07, 6.45) is -3.49. The Hall–Kier alpha value is -2.34. The van der Waals surface area contributed by atoms with Crippen LogP contribution in [-0.2, 0) is 23.3 Å². The van der Waals surface area contributed by atoms with E-state index >= 15 is 4.39 Å². The van der Waals surface area contributed by atoms with Gasteiger partial charge in [0.2, 0.25) is 5.78 Å². The average molecular weight is 467 g/mol. The van der Waals surface area contributed by atoms with E-state index in [1.165, 1.54) is 6.92 Å². The number of fused-ring (bicyclic) bond motifs is 1. The van der Waals surface area contributed by atoms with Crippen molar-refractivity contribution in [3.63, 3.8) is 0 Å². The average Bonchev–Trinajstić information content (AvgIpc) is 3.22. The Bertz CT molecular complexity index is 1050. The molecule has 2 aromatic heterocycles. The maximum Gasteiger partial charge on any atom is 0.358 e. The summed E-state index contributed by atoms with van der Waals surface area (Å²) >= 11 is 0.0859. The van der Waals surface area contributed by atoms with Gasteiger partial charge >= 0.3 is 17.6 Å². The Morgan fingerprint density at radius 1 is 1.40 bits per heavy atom. The van der Waals surface area contributed by atoms with Crippen LogP contribution in [-0.4, -0.2) is 38.6 Å². The molecule has 12 heteroatoms. The smallest absolute Gasteiger partial charge is 0.358 e. The highest BCUT2D eigenvalue weighted by molar-refractivity contribution is 8.02. The topological polar surface area (TPSA) is 90.4 Å². The normalized spacial score (nSPS) is 19.0. The van der Waals surface area contributed by atoms with E-state index in [0.717, 1.165) is 17.5 Å². The summed E-state index contributed by atoms with van der Waals surface area (Å²) < 4.78 is 67.1. The molecule has 0 spiro atoms. The second-order valence-electron chi connectivity index (χ2n) is 6.55. The lowest BCUT2D eigenvalue weighted by atomic mass is 9.79. The Balaban J connectivity index is 2.03. The van der Waals surface area contributed by atoms with E-state index in [9.17, 15) is 32.3 Å². The molecule has 1 aliphatic rings. The van der Waals surface area contributed by atoms with Crippen LogP contribution in [0.3, 0.4) is 0 Å². The highest BCUT2D eigenvalue weighted by Crippen LogP contribution is 2.47. The van der Waals surface area contributed by atoms with Crippen LogP contribution in [0.1, 0.15) is 32.9 Å². The van der Waals surface area contributed by atoms with Gasteiger partial charge in [0.05, 0.1) is 10.6 Å². The van der Waals surface area contributed by atoms with Crippen molar-refractivity contribution in [3.8, 4) is 0 Å². The van der Waals surface area contributed by atoms with E-state index in [1.807, 2.05) is 0 Å². The Labute approximate surface area is 174 Å². The van der Waals surface area contributed by atoms with Crippen molar-refractivity contribution in [1.29, 1.82) is 0 Å². The minimum absolute atomic E-state index is 0.0120. The molecule has 0 bridgehead atoms.